The van der Waals surface area contributed by atoms with Crippen LogP contribution in [0.1, 0.15) is 16.1 Å². The summed E-state index contributed by atoms with van der Waals surface area (Å²) in [6, 6.07) is 9.61. The number of fused-ring (bicyclic) bond motifs is 1. The fourth-order valence-corrected chi connectivity index (χ4v) is 2.99. The van der Waals surface area contributed by atoms with Gasteiger partial charge in [0.05, 0.1) is 11.2 Å². The van der Waals surface area contributed by atoms with Crippen LogP contribution in [0.4, 0.5) is 10.1 Å². The third-order valence-corrected chi connectivity index (χ3v) is 4.35. The second kappa shape index (κ2) is 8.20. The van der Waals surface area contributed by atoms with Gasteiger partial charge in [0.2, 0.25) is 0 Å². The van der Waals surface area contributed by atoms with E-state index in [4.69, 9.17) is 5.73 Å². The van der Waals surface area contributed by atoms with Crippen molar-refractivity contribution < 1.29 is 9.18 Å². The lowest BCUT2D eigenvalue weighted by atomic mass is 10.1. The molecule has 1 aromatic carbocycles. The number of nitrogens with two attached hydrogens (primary N) is 1. The quantitative estimate of drug-likeness (QED) is 0.536. The molecule has 0 atom stereocenters. The molecule has 0 unspecified atom stereocenters. The summed E-state index contributed by atoms with van der Waals surface area (Å²) in [4.78, 5) is 21.5. The summed E-state index contributed by atoms with van der Waals surface area (Å²) in [7, 11) is 0. The first kappa shape index (κ1) is 18.2. The highest BCUT2D eigenvalue weighted by atomic mass is 79.9. The molecule has 2 heterocycles. The predicted molar refractivity (Wildman–Crippen MR) is 102 cm³/mol. The minimum absolute atomic E-state index is 0.221. The van der Waals surface area contributed by atoms with E-state index < -0.39 is 0 Å². The van der Waals surface area contributed by atoms with Crippen LogP contribution in [0, 0.1) is 5.82 Å². The Balaban J connectivity index is 1.91. The number of benzene rings is 1. The van der Waals surface area contributed by atoms with Gasteiger partial charge >= 0.3 is 0 Å². The zero-order valence-corrected chi connectivity index (χ0v) is 15.4. The van der Waals surface area contributed by atoms with E-state index in [-0.39, 0.29) is 24.0 Å². The monoisotopic (exact) mass is 417 g/mol. The van der Waals surface area contributed by atoms with Crippen LogP contribution in [0.3, 0.4) is 0 Å². The molecule has 2 aromatic heterocycles. The predicted octanol–water partition coefficient (Wildman–Crippen LogP) is 2.83. The van der Waals surface area contributed by atoms with E-state index in [0.717, 1.165) is 10.9 Å². The van der Waals surface area contributed by atoms with Gasteiger partial charge in [-0.3, -0.25) is 9.78 Å². The van der Waals surface area contributed by atoms with Gasteiger partial charge in [-0.2, -0.15) is 0 Å². The summed E-state index contributed by atoms with van der Waals surface area (Å²) in [6.07, 6.45) is 1.66. The average Bonchev–Trinajstić information content (AvgIpc) is 2.66. The summed E-state index contributed by atoms with van der Waals surface area (Å²) < 4.78 is 13.5. The Morgan fingerprint density at radius 1 is 1.23 bits per heavy atom. The van der Waals surface area contributed by atoms with Gasteiger partial charge in [0.25, 0.3) is 5.91 Å². The van der Waals surface area contributed by atoms with Crippen LogP contribution in [0.25, 0.3) is 10.9 Å². The number of hydrogen-bond donors (Lipinski definition) is 3. The molecule has 0 spiro atoms. The number of halogens is 2. The molecule has 0 aliphatic carbocycles. The van der Waals surface area contributed by atoms with Crippen molar-refractivity contribution >= 4 is 38.4 Å². The van der Waals surface area contributed by atoms with Crippen molar-refractivity contribution in [1.29, 1.82) is 0 Å². The number of aromatic nitrogens is 2. The van der Waals surface area contributed by atoms with Crippen LogP contribution in [0.15, 0.2) is 47.2 Å². The summed E-state index contributed by atoms with van der Waals surface area (Å²) in [5.74, 6) is -0.679. The smallest absolute Gasteiger partial charge is 0.272 e. The Kier molecular flexibility index (Phi) is 5.75. The van der Waals surface area contributed by atoms with Gasteiger partial charge in [0.1, 0.15) is 10.4 Å². The van der Waals surface area contributed by atoms with E-state index >= 15 is 0 Å². The van der Waals surface area contributed by atoms with Crippen molar-refractivity contribution in [1.82, 2.24) is 15.3 Å². The topological polar surface area (TPSA) is 92.9 Å². The van der Waals surface area contributed by atoms with Crippen molar-refractivity contribution in [3.05, 3.63) is 64.3 Å². The molecule has 1 amide bonds. The van der Waals surface area contributed by atoms with E-state index in [1.54, 1.807) is 24.4 Å². The van der Waals surface area contributed by atoms with Gasteiger partial charge < -0.3 is 16.4 Å². The SMILES string of the molecule is NCCNc1c(C(=O)NCc2ccc(F)cc2)nc(Br)c2cccnc12. The summed E-state index contributed by atoms with van der Waals surface area (Å²) in [6.45, 7) is 1.14. The van der Waals surface area contributed by atoms with Crippen molar-refractivity contribution in [2.24, 2.45) is 5.73 Å². The molecule has 134 valence electrons. The fourth-order valence-electron chi connectivity index (χ4n) is 2.49. The summed E-state index contributed by atoms with van der Waals surface area (Å²) in [5, 5.41) is 6.73. The first-order chi connectivity index (χ1) is 12.6. The number of anilines is 1. The highest BCUT2D eigenvalue weighted by Crippen LogP contribution is 2.29. The Hall–Kier alpha value is -2.58. The number of rotatable bonds is 6. The van der Waals surface area contributed by atoms with Crippen molar-refractivity contribution in [3.63, 3.8) is 0 Å². The number of carbonyl (C=O) groups excluding carboxylic acids is 1. The molecule has 4 N–H and O–H groups in total. The van der Waals surface area contributed by atoms with Gasteiger partial charge in [0, 0.05) is 31.2 Å². The molecular formula is C18H17BrFN5O. The molecule has 26 heavy (non-hydrogen) atoms. The number of hydrogen-bond acceptors (Lipinski definition) is 5. The first-order valence-corrected chi connectivity index (χ1v) is 8.80. The average molecular weight is 418 g/mol. The van der Waals surface area contributed by atoms with Crippen LogP contribution in [-0.4, -0.2) is 29.0 Å². The third-order valence-electron chi connectivity index (χ3n) is 3.74. The van der Waals surface area contributed by atoms with Gasteiger partial charge in [-0.1, -0.05) is 12.1 Å². The molecule has 3 aromatic rings. The minimum atomic E-state index is -0.359. The van der Waals surface area contributed by atoms with Gasteiger partial charge in [-0.25, -0.2) is 9.37 Å². The molecule has 6 nitrogen and oxygen atoms in total. The maximum absolute atomic E-state index is 13.0. The molecule has 0 aliphatic rings. The molecule has 0 bridgehead atoms. The lowest BCUT2D eigenvalue weighted by molar-refractivity contribution is 0.0947. The highest BCUT2D eigenvalue weighted by molar-refractivity contribution is 9.10. The second-order valence-corrected chi connectivity index (χ2v) is 6.30. The van der Waals surface area contributed by atoms with Crippen molar-refractivity contribution in [2.75, 3.05) is 18.4 Å². The first-order valence-electron chi connectivity index (χ1n) is 8.01. The van der Waals surface area contributed by atoms with Crippen LogP contribution in [0.5, 0.6) is 0 Å². The Labute approximate surface area is 158 Å². The fraction of sp³-hybridized carbons (Fsp3) is 0.167. The lowest BCUT2D eigenvalue weighted by Crippen LogP contribution is -2.26. The van der Waals surface area contributed by atoms with E-state index in [2.05, 4.69) is 36.5 Å². The van der Waals surface area contributed by atoms with Crippen LogP contribution >= 0.6 is 15.9 Å². The maximum Gasteiger partial charge on any atom is 0.272 e. The largest absolute Gasteiger partial charge is 0.380 e. The number of pyridine rings is 2. The maximum atomic E-state index is 13.0. The van der Waals surface area contributed by atoms with E-state index in [1.807, 2.05) is 6.07 Å². The Morgan fingerprint density at radius 2 is 2.00 bits per heavy atom. The number of amides is 1. The Morgan fingerprint density at radius 3 is 2.73 bits per heavy atom. The summed E-state index contributed by atoms with van der Waals surface area (Å²) in [5.41, 5.74) is 7.75. The number of nitrogens with zero attached hydrogens (tertiary/aromatic N) is 2. The highest BCUT2D eigenvalue weighted by Gasteiger charge is 2.19. The number of nitrogens with one attached hydrogen (secondary N) is 2. The standard InChI is InChI=1S/C18H17BrFN5O/c19-17-13-2-1-8-22-14(13)15(23-9-7-21)16(25-17)18(26)24-10-11-3-5-12(20)6-4-11/h1-6,8,23H,7,9-10,21H2,(H,24,26). The zero-order valence-electron chi connectivity index (χ0n) is 13.8. The van der Waals surface area contributed by atoms with E-state index in [0.29, 0.717) is 28.9 Å². The number of carbonyl (C=O) groups is 1. The minimum Gasteiger partial charge on any atom is -0.380 e. The van der Waals surface area contributed by atoms with Gasteiger partial charge in [-0.05, 0) is 45.8 Å². The van der Waals surface area contributed by atoms with Gasteiger partial charge in [0.15, 0.2) is 5.69 Å². The zero-order chi connectivity index (χ0) is 18.5. The molecule has 3 rings (SSSR count). The lowest BCUT2D eigenvalue weighted by Gasteiger charge is -2.14. The molecule has 0 saturated heterocycles. The van der Waals surface area contributed by atoms with E-state index in [9.17, 15) is 9.18 Å². The molecule has 0 radical (unpaired) electrons. The third kappa shape index (κ3) is 3.97. The van der Waals surface area contributed by atoms with Crippen molar-refractivity contribution in [3.8, 4) is 0 Å². The summed E-state index contributed by atoms with van der Waals surface area (Å²) >= 11 is 3.40. The normalized spacial score (nSPS) is 10.7. The van der Waals surface area contributed by atoms with Crippen LogP contribution in [-0.2, 0) is 6.54 Å². The van der Waals surface area contributed by atoms with Crippen LogP contribution in [0.2, 0.25) is 0 Å². The molecular weight excluding hydrogens is 401 g/mol. The Bertz CT molecular complexity index is 933. The van der Waals surface area contributed by atoms with Crippen LogP contribution < -0.4 is 16.4 Å². The van der Waals surface area contributed by atoms with E-state index in [1.165, 1.54) is 12.1 Å². The molecule has 0 fully saturated rings. The van der Waals surface area contributed by atoms with Gasteiger partial charge in [-0.15, -0.1) is 0 Å². The van der Waals surface area contributed by atoms with Crippen molar-refractivity contribution in [2.45, 2.75) is 6.54 Å². The molecule has 8 heteroatoms. The molecule has 0 saturated carbocycles. The second-order valence-electron chi connectivity index (χ2n) is 5.55. The molecule has 0 aliphatic heterocycles.